The van der Waals surface area contributed by atoms with Crippen LogP contribution in [0.3, 0.4) is 0 Å². The standard InChI is InChI=1S/C33H27NO/c1-2-24-12-4-3-5-13-25-14-6-9-17-29(25)30-18-10-11-19-32(30)35-33-21-20-26(22-31(24)33)28-16-8-7-15-27(28)23-34/h3-12,14-22,24H,2,13H2,1H3/b5-3-,12-4-. The van der Waals surface area contributed by atoms with Crippen molar-refractivity contribution >= 4 is 0 Å². The zero-order valence-corrected chi connectivity index (χ0v) is 19.8. The summed E-state index contributed by atoms with van der Waals surface area (Å²) < 4.78 is 6.67. The molecule has 0 radical (unpaired) electrons. The van der Waals surface area contributed by atoms with Gasteiger partial charge in [0.05, 0.1) is 11.6 Å². The second-order valence-electron chi connectivity index (χ2n) is 8.70. The topological polar surface area (TPSA) is 33.0 Å². The molecule has 170 valence electrons. The summed E-state index contributed by atoms with van der Waals surface area (Å²) in [4.78, 5) is 0. The van der Waals surface area contributed by atoms with E-state index in [0.29, 0.717) is 5.56 Å². The number of nitriles is 1. The molecule has 1 aliphatic heterocycles. The molecule has 0 spiro atoms. The summed E-state index contributed by atoms with van der Waals surface area (Å²) in [5, 5.41) is 9.65. The van der Waals surface area contributed by atoms with Gasteiger partial charge in [0, 0.05) is 17.0 Å². The van der Waals surface area contributed by atoms with Crippen LogP contribution in [0.1, 0.15) is 36.0 Å². The van der Waals surface area contributed by atoms with Gasteiger partial charge in [0.15, 0.2) is 0 Å². The van der Waals surface area contributed by atoms with Gasteiger partial charge in [-0.25, -0.2) is 0 Å². The van der Waals surface area contributed by atoms with Crippen LogP contribution < -0.4 is 4.74 Å². The molecule has 35 heavy (non-hydrogen) atoms. The predicted molar refractivity (Wildman–Crippen MR) is 144 cm³/mol. The van der Waals surface area contributed by atoms with Gasteiger partial charge in [0.25, 0.3) is 0 Å². The van der Waals surface area contributed by atoms with E-state index in [1.807, 2.05) is 42.5 Å². The first-order valence-electron chi connectivity index (χ1n) is 12.1. The summed E-state index contributed by atoms with van der Waals surface area (Å²) in [6.07, 6.45) is 10.5. The molecule has 0 saturated heterocycles. The van der Waals surface area contributed by atoms with Crippen LogP contribution in [0, 0.1) is 11.3 Å². The zero-order valence-electron chi connectivity index (χ0n) is 19.8. The number of allylic oxidation sites excluding steroid dienone is 4. The van der Waals surface area contributed by atoms with Crippen molar-refractivity contribution in [2.75, 3.05) is 0 Å². The summed E-state index contributed by atoms with van der Waals surface area (Å²) >= 11 is 0. The molecule has 0 aromatic heterocycles. The highest BCUT2D eigenvalue weighted by Gasteiger charge is 2.18. The Morgan fingerprint density at radius 1 is 0.800 bits per heavy atom. The SMILES string of the molecule is CCC1/C=C\C=C/Cc2ccccc2-c2ccccc2Oc2ccc(-c3ccccc3C#N)cc21. The molecule has 2 heteroatoms. The van der Waals surface area contributed by atoms with Crippen LogP contribution in [-0.2, 0) is 6.42 Å². The van der Waals surface area contributed by atoms with E-state index in [1.54, 1.807) is 0 Å². The van der Waals surface area contributed by atoms with E-state index >= 15 is 0 Å². The van der Waals surface area contributed by atoms with Gasteiger partial charge in [-0.2, -0.15) is 5.26 Å². The van der Waals surface area contributed by atoms with Crippen LogP contribution in [0.25, 0.3) is 22.3 Å². The lowest BCUT2D eigenvalue weighted by Crippen LogP contribution is -2.00. The summed E-state index contributed by atoms with van der Waals surface area (Å²) in [5.74, 6) is 1.86. The molecular formula is C33H27NO. The zero-order chi connectivity index (χ0) is 24.0. The van der Waals surface area contributed by atoms with Crippen LogP contribution in [-0.4, -0.2) is 0 Å². The van der Waals surface area contributed by atoms with E-state index in [1.165, 1.54) is 11.1 Å². The largest absolute Gasteiger partial charge is 0.456 e. The van der Waals surface area contributed by atoms with Crippen molar-refractivity contribution in [3.63, 3.8) is 0 Å². The van der Waals surface area contributed by atoms with E-state index in [-0.39, 0.29) is 5.92 Å². The first-order chi connectivity index (χ1) is 17.3. The van der Waals surface area contributed by atoms with Crippen molar-refractivity contribution in [1.29, 1.82) is 5.26 Å². The Morgan fingerprint density at radius 3 is 2.37 bits per heavy atom. The molecule has 4 aromatic rings. The van der Waals surface area contributed by atoms with Crippen molar-refractivity contribution in [2.24, 2.45) is 0 Å². The van der Waals surface area contributed by atoms with E-state index in [2.05, 4.69) is 85.8 Å². The normalized spacial score (nSPS) is 16.5. The first-order valence-corrected chi connectivity index (χ1v) is 12.1. The molecule has 0 saturated carbocycles. The minimum atomic E-state index is 0.180. The van der Waals surface area contributed by atoms with Gasteiger partial charge in [-0.1, -0.05) is 98.0 Å². The number of nitrogens with zero attached hydrogens (tertiary/aromatic N) is 1. The maximum absolute atomic E-state index is 9.65. The maximum Gasteiger partial charge on any atom is 0.135 e. The average molecular weight is 454 g/mol. The van der Waals surface area contributed by atoms with E-state index in [0.717, 1.165) is 46.6 Å². The summed E-state index contributed by atoms with van der Waals surface area (Å²) in [5.41, 5.74) is 7.29. The fourth-order valence-electron chi connectivity index (χ4n) is 4.72. The van der Waals surface area contributed by atoms with Gasteiger partial charge in [0.1, 0.15) is 11.5 Å². The van der Waals surface area contributed by atoms with Crippen LogP contribution >= 0.6 is 0 Å². The Kier molecular flexibility index (Phi) is 6.59. The number of rotatable bonds is 2. The Labute approximate surface area is 207 Å². The van der Waals surface area contributed by atoms with Crippen LogP contribution in [0.2, 0.25) is 0 Å². The molecule has 0 bridgehead atoms. The number of fused-ring (bicyclic) bond motifs is 4. The molecule has 4 aromatic carbocycles. The van der Waals surface area contributed by atoms with Gasteiger partial charge in [-0.15, -0.1) is 0 Å². The van der Waals surface area contributed by atoms with Gasteiger partial charge in [0.2, 0.25) is 0 Å². The van der Waals surface area contributed by atoms with E-state index < -0.39 is 0 Å². The molecule has 5 rings (SSSR count). The molecule has 1 atom stereocenters. The summed E-state index contributed by atoms with van der Waals surface area (Å²) in [6.45, 7) is 2.19. The third kappa shape index (κ3) is 4.67. The van der Waals surface area contributed by atoms with Gasteiger partial charge >= 0.3 is 0 Å². The second-order valence-corrected chi connectivity index (χ2v) is 8.70. The Morgan fingerprint density at radius 2 is 1.54 bits per heavy atom. The molecular weight excluding hydrogens is 426 g/mol. The molecule has 0 fully saturated rings. The number of para-hydroxylation sites is 1. The monoisotopic (exact) mass is 453 g/mol. The minimum Gasteiger partial charge on any atom is -0.456 e. The van der Waals surface area contributed by atoms with Crippen molar-refractivity contribution < 1.29 is 4.74 Å². The highest BCUT2D eigenvalue weighted by atomic mass is 16.5. The lowest BCUT2D eigenvalue weighted by Gasteiger charge is -2.20. The molecule has 1 aliphatic rings. The van der Waals surface area contributed by atoms with Crippen LogP contribution in [0.5, 0.6) is 11.5 Å². The molecule has 2 nitrogen and oxygen atoms in total. The van der Waals surface area contributed by atoms with Gasteiger partial charge < -0.3 is 4.74 Å². The minimum absolute atomic E-state index is 0.180. The number of ether oxygens (including phenoxy) is 1. The van der Waals surface area contributed by atoms with E-state index in [9.17, 15) is 5.26 Å². The fourth-order valence-corrected chi connectivity index (χ4v) is 4.72. The molecule has 0 N–H and O–H groups in total. The second kappa shape index (κ2) is 10.3. The third-order valence-electron chi connectivity index (χ3n) is 6.55. The quantitative estimate of drug-likeness (QED) is 0.304. The first kappa shape index (κ1) is 22.4. The molecule has 0 aliphatic carbocycles. The molecule has 1 heterocycles. The van der Waals surface area contributed by atoms with Crippen molar-refractivity contribution in [3.05, 3.63) is 132 Å². The maximum atomic E-state index is 9.65. The fraction of sp³-hybridized carbons (Fsp3) is 0.121. The summed E-state index contributed by atoms with van der Waals surface area (Å²) in [6, 6.07) is 33.1. The van der Waals surface area contributed by atoms with Crippen molar-refractivity contribution in [3.8, 4) is 39.8 Å². The highest BCUT2D eigenvalue weighted by Crippen LogP contribution is 2.41. The number of benzene rings is 4. The third-order valence-corrected chi connectivity index (χ3v) is 6.55. The molecule has 1 unspecified atom stereocenters. The number of hydrogen-bond donors (Lipinski definition) is 0. The smallest absolute Gasteiger partial charge is 0.135 e. The van der Waals surface area contributed by atoms with Crippen LogP contribution in [0.4, 0.5) is 0 Å². The van der Waals surface area contributed by atoms with E-state index in [4.69, 9.17) is 4.74 Å². The summed E-state index contributed by atoms with van der Waals surface area (Å²) in [7, 11) is 0. The van der Waals surface area contributed by atoms with Gasteiger partial charge in [-0.3, -0.25) is 0 Å². The predicted octanol–water partition coefficient (Wildman–Crippen LogP) is 8.85. The Hall–Kier alpha value is -4.35. The van der Waals surface area contributed by atoms with Crippen LogP contribution in [0.15, 0.2) is 115 Å². The van der Waals surface area contributed by atoms with Crippen molar-refractivity contribution in [1.82, 2.24) is 0 Å². The Balaban J connectivity index is 1.70. The molecule has 0 amide bonds. The lowest BCUT2D eigenvalue weighted by molar-refractivity contribution is 0.474. The number of hydrogen-bond acceptors (Lipinski definition) is 2. The lowest BCUT2D eigenvalue weighted by atomic mass is 9.90. The average Bonchev–Trinajstić information content (AvgIpc) is 2.92. The van der Waals surface area contributed by atoms with Gasteiger partial charge in [-0.05, 0) is 59.4 Å². The van der Waals surface area contributed by atoms with Crippen molar-refractivity contribution in [2.45, 2.75) is 25.7 Å². The Bertz CT molecular complexity index is 1450. The highest BCUT2D eigenvalue weighted by molar-refractivity contribution is 5.75.